The van der Waals surface area contributed by atoms with Crippen LogP contribution in [0.2, 0.25) is 0 Å². The second kappa shape index (κ2) is 10.7. The number of benzene rings is 2. The zero-order valence-corrected chi connectivity index (χ0v) is 20.0. The maximum Gasteiger partial charge on any atom is 0.244 e. The molecule has 184 valence electrons. The summed E-state index contributed by atoms with van der Waals surface area (Å²) in [5.41, 5.74) is 3.55. The van der Waals surface area contributed by atoms with Gasteiger partial charge in [-0.05, 0) is 54.1 Å². The average molecular weight is 489 g/mol. The number of nitrogens with one attached hydrogen (secondary N) is 3. The van der Waals surface area contributed by atoms with Crippen LogP contribution in [0.5, 0.6) is 5.75 Å². The lowest BCUT2D eigenvalue weighted by atomic mass is 10.0. The van der Waals surface area contributed by atoms with E-state index >= 15 is 0 Å². The molecule has 0 saturated heterocycles. The maximum atomic E-state index is 13.6. The number of halogens is 1. The molecule has 0 fully saturated rings. The lowest BCUT2D eigenvalue weighted by Crippen LogP contribution is -2.26. The molecule has 10 heteroatoms. The molecule has 2 aromatic heterocycles. The normalized spacial score (nSPS) is 11.3. The summed E-state index contributed by atoms with van der Waals surface area (Å²) in [6.45, 7) is -0.00486. The molecule has 36 heavy (non-hydrogen) atoms. The first-order chi connectivity index (χ1) is 17.4. The van der Waals surface area contributed by atoms with E-state index in [9.17, 15) is 14.0 Å². The summed E-state index contributed by atoms with van der Waals surface area (Å²) in [7, 11) is 4.67. The Balaban J connectivity index is 1.88. The Labute approximate surface area is 207 Å². The number of ether oxygens (including phenoxy) is 1. The number of methoxy groups -OCH3 is 1. The number of likely N-dealkylation sites (N-methyl/N-ethyl adjacent to an activating group) is 2. The minimum absolute atomic E-state index is 0.00486. The summed E-state index contributed by atoms with van der Waals surface area (Å²) >= 11 is 0. The summed E-state index contributed by atoms with van der Waals surface area (Å²) in [6, 6.07) is 16.7. The predicted octanol–water partition coefficient (Wildman–Crippen LogP) is 2.88. The molecule has 4 aromatic rings. The number of hydrogen-bond donors (Lipinski definition) is 3. The van der Waals surface area contributed by atoms with Gasteiger partial charge in [-0.2, -0.15) is 5.10 Å². The summed E-state index contributed by atoms with van der Waals surface area (Å²) < 4.78 is 20.5. The number of hydrogen-bond acceptors (Lipinski definition) is 6. The quantitative estimate of drug-likeness (QED) is 0.329. The molecule has 0 bridgehead atoms. The standard InChI is InChI=1S/C26H25FN6O3/c1-28-23(34)14-20(16-6-10-19(36-3)11-7-16)21-12-13-22-31-26(30-15-24(35)29-2)25(33(22)32-21)17-4-8-18(27)9-5-17/h4-14,30H,15H2,1-3H3,(H,28,34)(H,29,35)/b20-14+. The molecule has 0 radical (unpaired) electrons. The van der Waals surface area contributed by atoms with Gasteiger partial charge in [-0.25, -0.2) is 13.9 Å². The largest absolute Gasteiger partial charge is 0.497 e. The molecule has 0 aliphatic carbocycles. The van der Waals surface area contributed by atoms with Gasteiger partial charge in [-0.15, -0.1) is 0 Å². The lowest BCUT2D eigenvalue weighted by molar-refractivity contribution is -0.119. The summed E-state index contributed by atoms with van der Waals surface area (Å²) in [5, 5.41) is 13.0. The van der Waals surface area contributed by atoms with E-state index in [0.29, 0.717) is 39.7 Å². The minimum atomic E-state index is -0.378. The van der Waals surface area contributed by atoms with Crippen molar-refractivity contribution in [2.45, 2.75) is 0 Å². The van der Waals surface area contributed by atoms with E-state index in [0.717, 1.165) is 5.56 Å². The number of carbonyl (C=O) groups excluding carboxylic acids is 2. The van der Waals surface area contributed by atoms with Crippen LogP contribution in [0.15, 0.2) is 66.7 Å². The van der Waals surface area contributed by atoms with E-state index in [2.05, 4.69) is 20.9 Å². The first-order valence-corrected chi connectivity index (χ1v) is 11.1. The number of amides is 2. The second-order valence-corrected chi connectivity index (χ2v) is 7.73. The summed E-state index contributed by atoms with van der Waals surface area (Å²) in [6.07, 6.45) is 1.47. The number of nitrogens with zero attached hydrogens (tertiary/aromatic N) is 3. The second-order valence-electron chi connectivity index (χ2n) is 7.73. The molecule has 0 unspecified atom stereocenters. The fourth-order valence-electron chi connectivity index (χ4n) is 3.60. The maximum absolute atomic E-state index is 13.6. The fraction of sp³-hybridized carbons (Fsp3) is 0.154. The highest BCUT2D eigenvalue weighted by atomic mass is 19.1. The molecule has 4 rings (SSSR count). The first-order valence-electron chi connectivity index (χ1n) is 11.1. The van der Waals surface area contributed by atoms with Crippen molar-refractivity contribution in [1.82, 2.24) is 25.2 Å². The van der Waals surface area contributed by atoms with Gasteiger partial charge in [0, 0.05) is 31.3 Å². The molecule has 3 N–H and O–H groups in total. The van der Waals surface area contributed by atoms with E-state index in [1.54, 1.807) is 62.1 Å². The van der Waals surface area contributed by atoms with Crippen LogP contribution in [0.4, 0.5) is 10.2 Å². The van der Waals surface area contributed by atoms with Crippen LogP contribution in [0.25, 0.3) is 22.5 Å². The zero-order valence-electron chi connectivity index (χ0n) is 20.0. The third-order valence-electron chi connectivity index (χ3n) is 5.49. The molecule has 0 aliphatic rings. The number of imidazole rings is 1. The Kier molecular flexibility index (Phi) is 7.24. The van der Waals surface area contributed by atoms with Crippen molar-refractivity contribution < 1.29 is 18.7 Å². The van der Waals surface area contributed by atoms with E-state index in [1.807, 2.05) is 12.1 Å². The molecule has 2 heterocycles. The van der Waals surface area contributed by atoms with Crippen LogP contribution in [-0.4, -0.2) is 54.2 Å². The van der Waals surface area contributed by atoms with Gasteiger partial charge in [-0.1, -0.05) is 12.1 Å². The van der Waals surface area contributed by atoms with Gasteiger partial charge in [0.1, 0.15) is 17.3 Å². The highest BCUT2D eigenvalue weighted by Gasteiger charge is 2.18. The molecule has 0 saturated carbocycles. The van der Waals surface area contributed by atoms with Gasteiger partial charge in [0.2, 0.25) is 11.8 Å². The van der Waals surface area contributed by atoms with Crippen LogP contribution in [0.1, 0.15) is 11.3 Å². The van der Waals surface area contributed by atoms with Crippen molar-refractivity contribution >= 4 is 28.9 Å². The van der Waals surface area contributed by atoms with Crippen molar-refractivity contribution in [3.05, 3.63) is 83.8 Å². The third kappa shape index (κ3) is 5.17. The van der Waals surface area contributed by atoms with E-state index < -0.39 is 0 Å². The van der Waals surface area contributed by atoms with Crippen LogP contribution in [-0.2, 0) is 9.59 Å². The summed E-state index contributed by atoms with van der Waals surface area (Å²) in [4.78, 5) is 28.7. The molecule has 0 spiro atoms. The molecule has 2 aromatic carbocycles. The topological polar surface area (TPSA) is 110 Å². The average Bonchev–Trinajstić information content (AvgIpc) is 3.28. The lowest BCUT2D eigenvalue weighted by Gasteiger charge is -2.11. The zero-order chi connectivity index (χ0) is 25.7. The number of aromatic nitrogens is 3. The van der Waals surface area contributed by atoms with Crippen LogP contribution < -0.4 is 20.7 Å². The smallest absolute Gasteiger partial charge is 0.244 e. The highest BCUT2D eigenvalue weighted by Crippen LogP contribution is 2.31. The summed E-state index contributed by atoms with van der Waals surface area (Å²) in [5.74, 6) is 0.204. The van der Waals surface area contributed by atoms with Gasteiger partial charge in [-0.3, -0.25) is 9.59 Å². The molecule has 9 nitrogen and oxygen atoms in total. The van der Waals surface area contributed by atoms with Crippen LogP contribution in [0, 0.1) is 5.82 Å². The molecule has 0 atom stereocenters. The monoisotopic (exact) mass is 488 g/mol. The Morgan fingerprint density at radius 3 is 2.36 bits per heavy atom. The van der Waals surface area contributed by atoms with E-state index in [1.165, 1.54) is 18.2 Å². The predicted molar refractivity (Wildman–Crippen MR) is 135 cm³/mol. The van der Waals surface area contributed by atoms with Crippen molar-refractivity contribution in [3.63, 3.8) is 0 Å². The Hall–Kier alpha value is -4.73. The van der Waals surface area contributed by atoms with Gasteiger partial charge >= 0.3 is 0 Å². The van der Waals surface area contributed by atoms with Gasteiger partial charge in [0.05, 0.1) is 19.3 Å². The number of fused-ring (bicyclic) bond motifs is 1. The van der Waals surface area contributed by atoms with Crippen molar-refractivity contribution in [2.75, 3.05) is 33.1 Å². The SMILES string of the molecule is CNC(=O)/C=C(\c1ccc(OC)cc1)c1ccc2nc(NCC(=O)NC)c(-c3ccc(F)cc3)n2n1. The molecular formula is C26H25FN6O3. The first kappa shape index (κ1) is 24.4. The fourth-order valence-corrected chi connectivity index (χ4v) is 3.60. The minimum Gasteiger partial charge on any atom is -0.497 e. The number of carbonyl (C=O) groups is 2. The Morgan fingerprint density at radius 1 is 1.00 bits per heavy atom. The number of rotatable bonds is 8. The molecule has 0 aliphatic heterocycles. The van der Waals surface area contributed by atoms with Gasteiger partial charge in [0.25, 0.3) is 0 Å². The Morgan fingerprint density at radius 2 is 1.72 bits per heavy atom. The van der Waals surface area contributed by atoms with Gasteiger partial charge in [0.15, 0.2) is 11.5 Å². The van der Waals surface area contributed by atoms with Crippen molar-refractivity contribution in [3.8, 4) is 17.0 Å². The van der Waals surface area contributed by atoms with Gasteiger partial charge < -0.3 is 20.7 Å². The number of anilines is 1. The van der Waals surface area contributed by atoms with Crippen molar-refractivity contribution in [1.29, 1.82) is 0 Å². The van der Waals surface area contributed by atoms with Crippen LogP contribution >= 0.6 is 0 Å². The molecule has 2 amide bonds. The van der Waals surface area contributed by atoms with Crippen LogP contribution in [0.3, 0.4) is 0 Å². The van der Waals surface area contributed by atoms with E-state index in [4.69, 9.17) is 9.84 Å². The van der Waals surface area contributed by atoms with E-state index in [-0.39, 0.29) is 24.2 Å². The Bertz CT molecular complexity index is 1430. The highest BCUT2D eigenvalue weighted by molar-refractivity contribution is 5.98. The third-order valence-corrected chi connectivity index (χ3v) is 5.49. The molecular weight excluding hydrogens is 463 g/mol. The van der Waals surface area contributed by atoms with Crippen molar-refractivity contribution in [2.24, 2.45) is 0 Å².